The van der Waals surface area contributed by atoms with Gasteiger partial charge >= 0.3 is 0 Å². The van der Waals surface area contributed by atoms with Crippen molar-refractivity contribution in [1.82, 2.24) is 10.0 Å². The molecule has 1 fully saturated rings. The lowest BCUT2D eigenvalue weighted by molar-refractivity contribution is 0.556. The summed E-state index contributed by atoms with van der Waals surface area (Å²) >= 11 is 0. The maximum absolute atomic E-state index is 13.3. The van der Waals surface area contributed by atoms with Gasteiger partial charge in [-0.25, -0.2) is 21.9 Å². The van der Waals surface area contributed by atoms with Crippen LogP contribution in [0.4, 0.5) is 8.78 Å². The van der Waals surface area contributed by atoms with E-state index in [1.807, 2.05) is 0 Å². The molecule has 100 valence electrons. The zero-order chi connectivity index (χ0) is 13.2. The van der Waals surface area contributed by atoms with Crippen LogP contribution in [0.15, 0.2) is 18.2 Å². The highest BCUT2D eigenvalue weighted by Crippen LogP contribution is 2.12. The van der Waals surface area contributed by atoms with Gasteiger partial charge in [-0.2, -0.15) is 0 Å². The van der Waals surface area contributed by atoms with Crippen LogP contribution in [0.3, 0.4) is 0 Å². The second-order valence-electron chi connectivity index (χ2n) is 4.22. The van der Waals surface area contributed by atoms with Crippen molar-refractivity contribution >= 4 is 10.0 Å². The molecule has 0 radical (unpaired) electrons. The molecule has 0 spiro atoms. The van der Waals surface area contributed by atoms with Crippen molar-refractivity contribution in [2.75, 3.05) is 13.1 Å². The van der Waals surface area contributed by atoms with Gasteiger partial charge in [0.05, 0.1) is 5.25 Å². The smallest absolute Gasteiger partial charge is 0.216 e. The predicted molar refractivity (Wildman–Crippen MR) is 63.4 cm³/mol. The monoisotopic (exact) mass is 276 g/mol. The van der Waals surface area contributed by atoms with Crippen molar-refractivity contribution < 1.29 is 17.2 Å². The lowest BCUT2D eigenvalue weighted by atomic mass is 10.2. The zero-order valence-electron chi connectivity index (χ0n) is 9.62. The van der Waals surface area contributed by atoms with Gasteiger partial charge in [0.1, 0.15) is 11.6 Å². The summed E-state index contributed by atoms with van der Waals surface area (Å²) in [5, 5.41) is 2.47. The largest absolute Gasteiger partial charge is 0.315 e. The molecule has 2 rings (SSSR count). The first-order chi connectivity index (χ1) is 8.49. The third-order valence-electron chi connectivity index (χ3n) is 2.93. The van der Waals surface area contributed by atoms with Gasteiger partial charge in [-0.3, -0.25) is 0 Å². The normalized spacial score (nSPS) is 20.2. The highest BCUT2D eigenvalue weighted by molar-refractivity contribution is 7.90. The molecule has 1 aromatic carbocycles. The highest BCUT2D eigenvalue weighted by atomic mass is 32.2. The van der Waals surface area contributed by atoms with Crippen molar-refractivity contribution in [3.05, 3.63) is 35.4 Å². The third kappa shape index (κ3) is 3.04. The summed E-state index contributed by atoms with van der Waals surface area (Å²) in [5.41, 5.74) is 0.130. The molecule has 1 aliphatic heterocycles. The van der Waals surface area contributed by atoms with Crippen LogP contribution in [0.1, 0.15) is 12.0 Å². The summed E-state index contributed by atoms with van der Waals surface area (Å²) in [4.78, 5) is 0. The molecule has 1 saturated heterocycles. The maximum Gasteiger partial charge on any atom is 0.216 e. The molecule has 4 nitrogen and oxygen atoms in total. The van der Waals surface area contributed by atoms with E-state index in [4.69, 9.17) is 0 Å². The van der Waals surface area contributed by atoms with Gasteiger partial charge in [-0.1, -0.05) is 6.07 Å². The Labute approximate surface area is 104 Å². The first-order valence-corrected chi connectivity index (χ1v) is 7.17. The van der Waals surface area contributed by atoms with E-state index in [1.165, 1.54) is 6.07 Å². The Morgan fingerprint density at radius 3 is 2.78 bits per heavy atom. The highest BCUT2D eigenvalue weighted by Gasteiger charge is 2.28. The minimum absolute atomic E-state index is 0.130. The third-order valence-corrected chi connectivity index (χ3v) is 4.76. The molecule has 0 amide bonds. The van der Waals surface area contributed by atoms with Gasteiger partial charge in [0, 0.05) is 24.7 Å². The fraction of sp³-hybridized carbons (Fsp3) is 0.455. The van der Waals surface area contributed by atoms with Crippen LogP contribution < -0.4 is 10.0 Å². The predicted octanol–water partition coefficient (Wildman–Crippen LogP) is 0.746. The lowest BCUT2D eigenvalue weighted by Crippen LogP contribution is -2.35. The van der Waals surface area contributed by atoms with Crippen molar-refractivity contribution in [3.8, 4) is 0 Å². The Morgan fingerprint density at radius 2 is 2.17 bits per heavy atom. The van der Waals surface area contributed by atoms with Crippen LogP contribution in [0.25, 0.3) is 0 Å². The summed E-state index contributed by atoms with van der Waals surface area (Å²) in [6.07, 6.45) is 0.543. The van der Waals surface area contributed by atoms with E-state index in [2.05, 4.69) is 10.0 Å². The van der Waals surface area contributed by atoms with E-state index < -0.39 is 26.9 Å². The number of hydrogen-bond donors (Lipinski definition) is 2. The molecule has 18 heavy (non-hydrogen) atoms. The summed E-state index contributed by atoms with van der Waals surface area (Å²) in [5.74, 6) is -1.43. The topological polar surface area (TPSA) is 58.2 Å². The van der Waals surface area contributed by atoms with Crippen LogP contribution in [-0.2, 0) is 16.6 Å². The molecular weight excluding hydrogens is 262 g/mol. The average Bonchev–Trinajstić information content (AvgIpc) is 2.82. The molecular formula is C11H14F2N2O2S. The second kappa shape index (κ2) is 5.29. The Kier molecular flexibility index (Phi) is 3.94. The van der Waals surface area contributed by atoms with E-state index >= 15 is 0 Å². The van der Waals surface area contributed by atoms with E-state index in [9.17, 15) is 17.2 Å². The van der Waals surface area contributed by atoms with Gasteiger partial charge in [0.25, 0.3) is 0 Å². The van der Waals surface area contributed by atoms with Gasteiger partial charge < -0.3 is 5.32 Å². The molecule has 7 heteroatoms. The molecule has 2 N–H and O–H groups in total. The fourth-order valence-corrected chi connectivity index (χ4v) is 3.21. The molecule has 0 aromatic heterocycles. The summed E-state index contributed by atoms with van der Waals surface area (Å²) in [6.45, 7) is 0.905. The van der Waals surface area contributed by atoms with E-state index in [0.29, 0.717) is 19.5 Å². The second-order valence-corrected chi connectivity index (χ2v) is 6.26. The standard InChI is InChI=1S/C11H14F2N2O2S/c12-9-2-1-8(11(13)5-9)6-15-18(16,17)10-3-4-14-7-10/h1-2,5,10,14-15H,3-4,6-7H2. The van der Waals surface area contributed by atoms with E-state index in [0.717, 1.165) is 12.1 Å². The van der Waals surface area contributed by atoms with Crippen molar-refractivity contribution in [3.63, 3.8) is 0 Å². The first-order valence-electron chi connectivity index (χ1n) is 5.62. The van der Waals surface area contributed by atoms with Crippen molar-refractivity contribution in [2.24, 2.45) is 0 Å². The SMILES string of the molecule is O=S(=O)(NCc1ccc(F)cc1F)C1CCNC1. The first kappa shape index (κ1) is 13.4. The van der Waals surface area contributed by atoms with E-state index in [-0.39, 0.29) is 12.1 Å². The number of hydrogen-bond acceptors (Lipinski definition) is 3. The maximum atomic E-state index is 13.3. The average molecular weight is 276 g/mol. The van der Waals surface area contributed by atoms with Gasteiger partial charge in [0.2, 0.25) is 10.0 Å². The minimum atomic E-state index is -3.46. The van der Waals surface area contributed by atoms with E-state index in [1.54, 1.807) is 0 Å². The van der Waals surface area contributed by atoms with Gasteiger partial charge in [0.15, 0.2) is 0 Å². The molecule has 1 atom stereocenters. The minimum Gasteiger partial charge on any atom is -0.315 e. The van der Waals surface area contributed by atoms with Crippen molar-refractivity contribution in [1.29, 1.82) is 0 Å². The molecule has 0 aliphatic carbocycles. The summed E-state index contributed by atoms with van der Waals surface area (Å²) in [6, 6.07) is 3.07. The van der Waals surface area contributed by atoms with Gasteiger partial charge in [-0.15, -0.1) is 0 Å². The van der Waals surface area contributed by atoms with Crippen LogP contribution in [-0.4, -0.2) is 26.8 Å². The molecule has 0 bridgehead atoms. The Hall–Kier alpha value is -1.05. The number of benzene rings is 1. The quantitative estimate of drug-likeness (QED) is 0.853. The Morgan fingerprint density at radius 1 is 1.39 bits per heavy atom. The zero-order valence-corrected chi connectivity index (χ0v) is 10.4. The number of rotatable bonds is 4. The summed E-state index contributed by atoms with van der Waals surface area (Å²) < 4.78 is 52.0. The molecule has 0 saturated carbocycles. The molecule has 1 aromatic rings. The number of halogens is 2. The molecule has 1 aliphatic rings. The van der Waals surface area contributed by atoms with Crippen LogP contribution >= 0.6 is 0 Å². The Bertz CT molecular complexity index is 528. The number of nitrogens with one attached hydrogen (secondary N) is 2. The Balaban J connectivity index is 2.02. The van der Waals surface area contributed by atoms with Crippen LogP contribution in [0.5, 0.6) is 0 Å². The van der Waals surface area contributed by atoms with Crippen LogP contribution in [0.2, 0.25) is 0 Å². The molecule has 1 heterocycles. The molecule has 1 unspecified atom stereocenters. The lowest BCUT2D eigenvalue weighted by Gasteiger charge is -2.12. The van der Waals surface area contributed by atoms with Crippen LogP contribution in [0, 0.1) is 11.6 Å². The van der Waals surface area contributed by atoms with Gasteiger partial charge in [-0.05, 0) is 19.0 Å². The van der Waals surface area contributed by atoms with Crippen molar-refractivity contribution in [2.45, 2.75) is 18.2 Å². The fourth-order valence-electron chi connectivity index (χ4n) is 1.85. The summed E-state index contributed by atoms with van der Waals surface area (Å²) in [7, 11) is -3.46. The number of sulfonamides is 1.